The van der Waals surface area contributed by atoms with Crippen LogP contribution in [0, 0.1) is 0 Å². The summed E-state index contributed by atoms with van der Waals surface area (Å²) < 4.78 is 0. The molecule has 0 spiro atoms. The van der Waals surface area contributed by atoms with Crippen LogP contribution in [0.5, 0.6) is 0 Å². The van der Waals surface area contributed by atoms with Crippen molar-refractivity contribution in [3.8, 4) is 0 Å². The molecule has 0 fully saturated rings. The van der Waals surface area contributed by atoms with Crippen molar-refractivity contribution in [2.45, 2.75) is 0 Å². The van der Waals surface area contributed by atoms with Crippen LogP contribution in [-0.2, 0) is 0 Å². The first-order valence-corrected chi connectivity index (χ1v) is 3.14. The van der Waals surface area contributed by atoms with Gasteiger partial charge in [-0.05, 0) is 12.1 Å². The van der Waals surface area contributed by atoms with Crippen LogP contribution in [0.4, 0.5) is 5.69 Å². The minimum Gasteiger partial charge on any atom is -0.387 e. The summed E-state index contributed by atoms with van der Waals surface area (Å²) >= 11 is 5.76. The SMILES string of the molecule is CNc1ccccc1Cl.Cl. The summed E-state index contributed by atoms with van der Waals surface area (Å²) in [6.45, 7) is 0. The standard InChI is InChI=1S/C7H8ClN.ClH/c1-9-7-5-3-2-4-6(7)8;/h2-5,9H,1H3;1H. The molecule has 0 aromatic heterocycles. The molecule has 1 aromatic rings. The Morgan fingerprint density at radius 2 is 1.90 bits per heavy atom. The minimum absolute atomic E-state index is 0. The van der Waals surface area contributed by atoms with Crippen LogP contribution < -0.4 is 5.32 Å². The Bertz CT molecular complexity index is 201. The normalized spacial score (nSPS) is 8.20. The number of hydrogen-bond acceptors (Lipinski definition) is 1. The lowest BCUT2D eigenvalue weighted by Crippen LogP contribution is -1.86. The lowest BCUT2D eigenvalue weighted by Gasteiger charge is -1.99. The van der Waals surface area contributed by atoms with Crippen molar-refractivity contribution in [3.05, 3.63) is 29.3 Å². The summed E-state index contributed by atoms with van der Waals surface area (Å²) in [6, 6.07) is 7.64. The largest absolute Gasteiger partial charge is 0.387 e. The summed E-state index contributed by atoms with van der Waals surface area (Å²) in [5.41, 5.74) is 0.971. The number of halogens is 2. The van der Waals surface area contributed by atoms with E-state index in [1.54, 1.807) is 0 Å². The molecule has 0 aliphatic carbocycles. The van der Waals surface area contributed by atoms with Gasteiger partial charge in [0, 0.05) is 7.05 Å². The van der Waals surface area contributed by atoms with Gasteiger partial charge in [-0.15, -0.1) is 12.4 Å². The second-order valence-corrected chi connectivity index (χ2v) is 2.14. The van der Waals surface area contributed by atoms with E-state index in [9.17, 15) is 0 Å². The molecule has 0 aliphatic rings. The van der Waals surface area contributed by atoms with E-state index in [0.29, 0.717) is 0 Å². The van der Waals surface area contributed by atoms with Crippen LogP contribution in [-0.4, -0.2) is 7.05 Å². The van der Waals surface area contributed by atoms with Gasteiger partial charge in [-0.25, -0.2) is 0 Å². The van der Waals surface area contributed by atoms with Crippen LogP contribution in [0.15, 0.2) is 24.3 Å². The molecule has 0 unspecified atom stereocenters. The Morgan fingerprint density at radius 1 is 1.30 bits per heavy atom. The van der Waals surface area contributed by atoms with E-state index < -0.39 is 0 Å². The molecule has 0 amide bonds. The zero-order valence-electron chi connectivity index (χ0n) is 5.60. The summed E-state index contributed by atoms with van der Waals surface area (Å²) in [5.74, 6) is 0. The quantitative estimate of drug-likeness (QED) is 0.697. The molecule has 0 saturated heterocycles. The first-order chi connectivity index (χ1) is 4.34. The summed E-state index contributed by atoms with van der Waals surface area (Å²) in [6.07, 6.45) is 0. The van der Waals surface area contributed by atoms with Crippen molar-refractivity contribution < 1.29 is 0 Å². The molecule has 56 valence electrons. The maximum Gasteiger partial charge on any atom is 0.0637 e. The number of para-hydroxylation sites is 1. The Hall–Kier alpha value is -0.400. The van der Waals surface area contributed by atoms with Gasteiger partial charge in [0.05, 0.1) is 10.7 Å². The second-order valence-electron chi connectivity index (χ2n) is 1.73. The van der Waals surface area contributed by atoms with Gasteiger partial charge < -0.3 is 5.32 Å². The van der Waals surface area contributed by atoms with Crippen LogP contribution in [0.1, 0.15) is 0 Å². The molecule has 0 atom stereocenters. The van der Waals surface area contributed by atoms with Crippen molar-refractivity contribution in [2.24, 2.45) is 0 Å². The average molecular weight is 178 g/mol. The number of benzene rings is 1. The van der Waals surface area contributed by atoms with E-state index in [1.807, 2.05) is 31.3 Å². The van der Waals surface area contributed by atoms with E-state index in [1.165, 1.54) is 0 Å². The van der Waals surface area contributed by atoms with Crippen LogP contribution in [0.25, 0.3) is 0 Å². The fraction of sp³-hybridized carbons (Fsp3) is 0.143. The van der Waals surface area contributed by atoms with Gasteiger partial charge >= 0.3 is 0 Å². The van der Waals surface area contributed by atoms with Gasteiger partial charge in [-0.1, -0.05) is 23.7 Å². The van der Waals surface area contributed by atoms with E-state index in [-0.39, 0.29) is 12.4 Å². The molecule has 0 radical (unpaired) electrons. The zero-order valence-corrected chi connectivity index (χ0v) is 7.17. The number of nitrogens with one attached hydrogen (secondary N) is 1. The molecule has 10 heavy (non-hydrogen) atoms. The monoisotopic (exact) mass is 177 g/mol. The predicted octanol–water partition coefficient (Wildman–Crippen LogP) is 2.80. The van der Waals surface area contributed by atoms with E-state index in [4.69, 9.17) is 11.6 Å². The molecule has 0 heterocycles. The first kappa shape index (κ1) is 9.60. The van der Waals surface area contributed by atoms with E-state index in [0.717, 1.165) is 10.7 Å². The number of rotatable bonds is 1. The molecule has 3 heteroatoms. The molecule has 1 nitrogen and oxygen atoms in total. The van der Waals surface area contributed by atoms with Crippen molar-refractivity contribution in [3.63, 3.8) is 0 Å². The highest BCUT2D eigenvalue weighted by atomic mass is 35.5. The van der Waals surface area contributed by atoms with Crippen LogP contribution >= 0.6 is 24.0 Å². The van der Waals surface area contributed by atoms with Crippen LogP contribution in [0.2, 0.25) is 5.02 Å². The summed E-state index contributed by atoms with van der Waals surface area (Å²) in [5, 5.41) is 3.73. The maximum atomic E-state index is 5.76. The summed E-state index contributed by atoms with van der Waals surface area (Å²) in [4.78, 5) is 0. The molecule has 1 N–H and O–H groups in total. The van der Waals surface area contributed by atoms with Crippen molar-refractivity contribution >= 4 is 29.7 Å². The molecular weight excluding hydrogens is 169 g/mol. The number of hydrogen-bond donors (Lipinski definition) is 1. The van der Waals surface area contributed by atoms with E-state index >= 15 is 0 Å². The topological polar surface area (TPSA) is 12.0 Å². The highest BCUT2D eigenvalue weighted by molar-refractivity contribution is 6.33. The predicted molar refractivity (Wildman–Crippen MR) is 48.2 cm³/mol. The molecule has 0 bridgehead atoms. The van der Waals surface area contributed by atoms with Crippen LogP contribution in [0.3, 0.4) is 0 Å². The highest BCUT2D eigenvalue weighted by Gasteiger charge is 1.91. The Kier molecular flexibility index (Phi) is 4.24. The second kappa shape index (κ2) is 4.42. The maximum absolute atomic E-state index is 5.76. The van der Waals surface area contributed by atoms with Crippen molar-refractivity contribution in [1.29, 1.82) is 0 Å². The summed E-state index contributed by atoms with van der Waals surface area (Å²) in [7, 11) is 1.85. The van der Waals surface area contributed by atoms with Gasteiger partial charge in [0.15, 0.2) is 0 Å². The third-order valence-electron chi connectivity index (χ3n) is 1.14. The third-order valence-corrected chi connectivity index (χ3v) is 1.47. The lowest BCUT2D eigenvalue weighted by molar-refractivity contribution is 1.51. The highest BCUT2D eigenvalue weighted by Crippen LogP contribution is 2.18. The smallest absolute Gasteiger partial charge is 0.0637 e. The van der Waals surface area contributed by atoms with E-state index in [2.05, 4.69) is 5.32 Å². The van der Waals surface area contributed by atoms with Crippen molar-refractivity contribution in [2.75, 3.05) is 12.4 Å². The Morgan fingerprint density at radius 3 is 2.30 bits per heavy atom. The fourth-order valence-corrected chi connectivity index (χ4v) is 0.894. The first-order valence-electron chi connectivity index (χ1n) is 2.77. The van der Waals surface area contributed by atoms with Gasteiger partial charge in [0.25, 0.3) is 0 Å². The number of anilines is 1. The average Bonchev–Trinajstić information content (AvgIpc) is 1.89. The molecule has 1 aromatic carbocycles. The minimum atomic E-state index is 0. The molecule has 0 aliphatic heterocycles. The van der Waals surface area contributed by atoms with Gasteiger partial charge in [0.1, 0.15) is 0 Å². The fourth-order valence-electron chi connectivity index (χ4n) is 0.664. The molecular formula is C7H9Cl2N. The zero-order chi connectivity index (χ0) is 6.69. The van der Waals surface area contributed by atoms with Crippen molar-refractivity contribution in [1.82, 2.24) is 0 Å². The lowest BCUT2D eigenvalue weighted by atomic mass is 10.3. The Labute approximate surface area is 71.8 Å². The Balaban J connectivity index is 0.000000810. The molecule has 0 saturated carbocycles. The molecule has 1 rings (SSSR count). The third kappa shape index (κ3) is 2.09. The van der Waals surface area contributed by atoms with Gasteiger partial charge in [-0.3, -0.25) is 0 Å². The van der Waals surface area contributed by atoms with Gasteiger partial charge in [-0.2, -0.15) is 0 Å². The van der Waals surface area contributed by atoms with Gasteiger partial charge in [0.2, 0.25) is 0 Å².